The van der Waals surface area contributed by atoms with Crippen LogP contribution in [0.3, 0.4) is 0 Å². The third-order valence-electron chi connectivity index (χ3n) is 3.96. The highest BCUT2D eigenvalue weighted by Gasteiger charge is 2.41. The fourth-order valence-electron chi connectivity index (χ4n) is 2.27. The lowest BCUT2D eigenvalue weighted by atomic mass is 10.0. The first-order chi connectivity index (χ1) is 9.54. The van der Waals surface area contributed by atoms with Gasteiger partial charge >= 0.3 is 0 Å². The molecule has 0 unspecified atom stereocenters. The Morgan fingerprint density at radius 3 is 2.80 bits per heavy atom. The second kappa shape index (κ2) is 6.27. The van der Waals surface area contributed by atoms with E-state index in [-0.39, 0.29) is 24.5 Å². The van der Waals surface area contributed by atoms with E-state index >= 15 is 0 Å². The van der Waals surface area contributed by atoms with Gasteiger partial charge in [-0.3, -0.25) is 4.79 Å². The lowest BCUT2D eigenvalue weighted by Gasteiger charge is -2.15. The van der Waals surface area contributed by atoms with Gasteiger partial charge in [0.15, 0.2) is 6.61 Å². The van der Waals surface area contributed by atoms with E-state index in [1.807, 2.05) is 32.0 Å². The molecule has 2 rings (SSSR count). The van der Waals surface area contributed by atoms with Crippen molar-refractivity contribution >= 4 is 5.91 Å². The summed E-state index contributed by atoms with van der Waals surface area (Å²) in [6, 6.07) is 5.95. The summed E-state index contributed by atoms with van der Waals surface area (Å²) < 4.78 is 5.56. The highest BCUT2D eigenvalue weighted by Crippen LogP contribution is 2.47. The Morgan fingerprint density at radius 1 is 1.40 bits per heavy atom. The number of hydrogen-bond donors (Lipinski definition) is 2. The van der Waals surface area contributed by atoms with Crippen molar-refractivity contribution in [3.8, 4) is 5.75 Å². The van der Waals surface area contributed by atoms with Crippen molar-refractivity contribution in [2.75, 3.05) is 19.8 Å². The summed E-state index contributed by atoms with van der Waals surface area (Å²) in [5.74, 6) is 0.659. The SMILES string of the molecule is Cc1ccc(C)c(OCC(=O)NCC2(CCO)CC2)c1. The van der Waals surface area contributed by atoms with Gasteiger partial charge in [-0.2, -0.15) is 0 Å². The standard InChI is InChI=1S/C16H23NO3/c1-12-3-4-13(2)14(9-12)20-10-15(19)17-11-16(5-6-16)7-8-18/h3-4,9,18H,5-8,10-11H2,1-2H3,(H,17,19). The van der Waals surface area contributed by atoms with Gasteiger partial charge in [-0.15, -0.1) is 0 Å². The smallest absolute Gasteiger partial charge is 0.257 e. The Labute approximate surface area is 120 Å². The Balaban J connectivity index is 1.76. The first kappa shape index (κ1) is 14.9. The fraction of sp³-hybridized carbons (Fsp3) is 0.562. The number of nitrogens with one attached hydrogen (secondary N) is 1. The molecular weight excluding hydrogens is 254 g/mol. The van der Waals surface area contributed by atoms with E-state index in [0.29, 0.717) is 6.54 Å². The summed E-state index contributed by atoms with van der Waals surface area (Å²) in [7, 11) is 0. The minimum Gasteiger partial charge on any atom is -0.483 e. The summed E-state index contributed by atoms with van der Waals surface area (Å²) in [6.07, 6.45) is 2.95. The summed E-state index contributed by atoms with van der Waals surface area (Å²) in [4.78, 5) is 11.8. The zero-order valence-electron chi connectivity index (χ0n) is 12.2. The molecule has 0 saturated heterocycles. The van der Waals surface area contributed by atoms with Crippen molar-refractivity contribution in [2.45, 2.75) is 33.1 Å². The molecule has 1 aliphatic rings. The quantitative estimate of drug-likeness (QED) is 0.801. The van der Waals surface area contributed by atoms with Crippen molar-refractivity contribution in [3.05, 3.63) is 29.3 Å². The van der Waals surface area contributed by atoms with Gasteiger partial charge in [0.25, 0.3) is 5.91 Å². The van der Waals surface area contributed by atoms with Crippen molar-refractivity contribution in [2.24, 2.45) is 5.41 Å². The molecule has 1 fully saturated rings. The van der Waals surface area contributed by atoms with Crippen LogP contribution in [0.25, 0.3) is 0 Å². The number of hydrogen-bond acceptors (Lipinski definition) is 3. The van der Waals surface area contributed by atoms with E-state index < -0.39 is 0 Å². The maximum absolute atomic E-state index is 11.8. The van der Waals surface area contributed by atoms with Gasteiger partial charge in [0.05, 0.1) is 0 Å². The van der Waals surface area contributed by atoms with Gasteiger partial charge in [0, 0.05) is 13.2 Å². The van der Waals surface area contributed by atoms with Crippen LogP contribution in [0.1, 0.15) is 30.4 Å². The normalized spacial score (nSPS) is 15.8. The van der Waals surface area contributed by atoms with Crippen LogP contribution in [-0.2, 0) is 4.79 Å². The highest BCUT2D eigenvalue weighted by atomic mass is 16.5. The van der Waals surface area contributed by atoms with Crippen LogP contribution in [0.15, 0.2) is 18.2 Å². The average Bonchev–Trinajstić information content (AvgIpc) is 3.18. The number of rotatable bonds is 7. The molecule has 0 aliphatic heterocycles. The first-order valence-electron chi connectivity index (χ1n) is 7.12. The lowest BCUT2D eigenvalue weighted by Crippen LogP contribution is -2.34. The predicted molar refractivity (Wildman–Crippen MR) is 77.8 cm³/mol. The van der Waals surface area contributed by atoms with Gasteiger partial charge in [-0.25, -0.2) is 0 Å². The van der Waals surface area contributed by atoms with Crippen LogP contribution in [0.2, 0.25) is 0 Å². The topological polar surface area (TPSA) is 58.6 Å². The zero-order valence-corrected chi connectivity index (χ0v) is 12.2. The lowest BCUT2D eigenvalue weighted by molar-refractivity contribution is -0.123. The number of aryl methyl sites for hydroxylation is 2. The van der Waals surface area contributed by atoms with Crippen molar-refractivity contribution in [3.63, 3.8) is 0 Å². The van der Waals surface area contributed by atoms with E-state index in [2.05, 4.69) is 5.32 Å². The van der Waals surface area contributed by atoms with Gasteiger partial charge in [0.2, 0.25) is 0 Å². The number of carbonyl (C=O) groups excluding carboxylic acids is 1. The van der Waals surface area contributed by atoms with E-state index in [0.717, 1.165) is 36.1 Å². The number of aliphatic hydroxyl groups is 1. The van der Waals surface area contributed by atoms with Gasteiger partial charge in [0.1, 0.15) is 5.75 Å². The van der Waals surface area contributed by atoms with Crippen LogP contribution in [-0.4, -0.2) is 30.8 Å². The van der Waals surface area contributed by atoms with E-state index in [9.17, 15) is 4.79 Å². The second-order valence-electron chi connectivity index (χ2n) is 5.81. The molecule has 2 N–H and O–H groups in total. The summed E-state index contributed by atoms with van der Waals surface area (Å²) in [5, 5.41) is 11.9. The molecular formula is C16H23NO3. The van der Waals surface area contributed by atoms with Crippen LogP contribution >= 0.6 is 0 Å². The number of carbonyl (C=O) groups is 1. The first-order valence-corrected chi connectivity index (χ1v) is 7.12. The molecule has 0 bridgehead atoms. The molecule has 0 aromatic heterocycles. The molecule has 0 heterocycles. The molecule has 110 valence electrons. The number of amides is 1. The number of aliphatic hydroxyl groups excluding tert-OH is 1. The Kier molecular flexibility index (Phi) is 4.65. The molecule has 1 amide bonds. The maximum atomic E-state index is 11.8. The largest absolute Gasteiger partial charge is 0.483 e. The third-order valence-corrected chi connectivity index (χ3v) is 3.96. The Morgan fingerprint density at radius 2 is 2.15 bits per heavy atom. The molecule has 4 nitrogen and oxygen atoms in total. The number of benzene rings is 1. The Bertz CT molecular complexity index is 481. The summed E-state index contributed by atoms with van der Waals surface area (Å²) in [5.41, 5.74) is 2.29. The minimum atomic E-state index is -0.102. The monoisotopic (exact) mass is 277 g/mol. The predicted octanol–water partition coefficient (Wildman–Crippen LogP) is 1.96. The van der Waals surface area contributed by atoms with Gasteiger partial charge in [-0.1, -0.05) is 12.1 Å². The zero-order chi connectivity index (χ0) is 14.6. The van der Waals surface area contributed by atoms with Crippen LogP contribution in [0, 0.1) is 19.3 Å². The molecule has 1 aromatic carbocycles. The third kappa shape index (κ3) is 3.97. The highest BCUT2D eigenvalue weighted by molar-refractivity contribution is 5.77. The maximum Gasteiger partial charge on any atom is 0.257 e. The minimum absolute atomic E-state index is 0.0412. The summed E-state index contributed by atoms with van der Waals surface area (Å²) >= 11 is 0. The molecule has 20 heavy (non-hydrogen) atoms. The van der Waals surface area contributed by atoms with Crippen molar-refractivity contribution < 1.29 is 14.6 Å². The van der Waals surface area contributed by atoms with E-state index in [1.165, 1.54) is 0 Å². The molecule has 1 aromatic rings. The Hall–Kier alpha value is -1.55. The molecule has 0 spiro atoms. The fourth-order valence-corrected chi connectivity index (χ4v) is 2.27. The van der Waals surface area contributed by atoms with Crippen LogP contribution < -0.4 is 10.1 Å². The molecule has 1 aliphatic carbocycles. The van der Waals surface area contributed by atoms with Crippen molar-refractivity contribution in [1.82, 2.24) is 5.32 Å². The molecule has 1 saturated carbocycles. The van der Waals surface area contributed by atoms with Gasteiger partial charge < -0.3 is 15.2 Å². The number of ether oxygens (including phenoxy) is 1. The van der Waals surface area contributed by atoms with E-state index in [1.54, 1.807) is 0 Å². The van der Waals surface area contributed by atoms with E-state index in [4.69, 9.17) is 9.84 Å². The second-order valence-corrected chi connectivity index (χ2v) is 5.81. The summed E-state index contributed by atoms with van der Waals surface area (Å²) in [6.45, 7) is 4.84. The average molecular weight is 277 g/mol. The molecule has 0 radical (unpaired) electrons. The molecule has 4 heteroatoms. The van der Waals surface area contributed by atoms with Crippen LogP contribution in [0.5, 0.6) is 5.75 Å². The van der Waals surface area contributed by atoms with Gasteiger partial charge in [-0.05, 0) is 55.7 Å². The van der Waals surface area contributed by atoms with Crippen molar-refractivity contribution in [1.29, 1.82) is 0 Å². The van der Waals surface area contributed by atoms with Crippen LogP contribution in [0.4, 0.5) is 0 Å². The molecule has 0 atom stereocenters.